The van der Waals surface area contributed by atoms with E-state index in [2.05, 4.69) is 10.2 Å². The molecule has 10 heteroatoms. The lowest BCUT2D eigenvalue weighted by Gasteiger charge is -2.17. The van der Waals surface area contributed by atoms with Crippen LogP contribution in [-0.2, 0) is 14.6 Å². The summed E-state index contributed by atoms with van der Waals surface area (Å²) >= 11 is 6.51. The summed E-state index contributed by atoms with van der Waals surface area (Å²) in [5, 5.41) is 2.58. The summed E-state index contributed by atoms with van der Waals surface area (Å²) in [7, 11) is -4.63. The first-order valence-electron chi connectivity index (χ1n) is 7.14. The number of hydrogen-bond donors (Lipinski definition) is 1. The number of likely N-dealkylation sites (tertiary alicyclic amines) is 1. The number of nitrogens with zero attached hydrogens (tertiary/aromatic N) is 1. The molecule has 0 aliphatic carbocycles. The average Bonchev–Trinajstić information content (AvgIpc) is 3.07. The number of thioether (sulfide) groups is 1. The van der Waals surface area contributed by atoms with Gasteiger partial charge in [0.05, 0.1) is 10.6 Å². The lowest BCUT2D eigenvalue weighted by molar-refractivity contribution is -0.113. The van der Waals surface area contributed by atoms with Crippen molar-refractivity contribution in [1.29, 1.82) is 0 Å². The largest absolute Gasteiger partial charge is 0.358 e. The first kappa shape index (κ1) is 19.1. The fourth-order valence-electron chi connectivity index (χ4n) is 2.15. The van der Waals surface area contributed by atoms with E-state index in [4.69, 9.17) is 12.2 Å². The number of alkyl halides is 2. The highest BCUT2D eigenvalue weighted by Gasteiger charge is 2.26. The number of carbonyl (C=O) groups is 1. The average molecular weight is 394 g/mol. The first-order valence-corrected chi connectivity index (χ1v) is 10.1. The van der Waals surface area contributed by atoms with E-state index < -0.39 is 20.5 Å². The number of halogens is 2. The van der Waals surface area contributed by atoms with Gasteiger partial charge < -0.3 is 10.2 Å². The van der Waals surface area contributed by atoms with Crippen molar-refractivity contribution < 1.29 is 22.0 Å². The van der Waals surface area contributed by atoms with Crippen molar-refractivity contribution in [3.05, 3.63) is 24.3 Å². The van der Waals surface area contributed by atoms with Gasteiger partial charge in [-0.1, -0.05) is 24.0 Å². The number of rotatable bonds is 5. The Labute approximate surface area is 148 Å². The first-order chi connectivity index (χ1) is 11.3. The molecule has 24 heavy (non-hydrogen) atoms. The number of hydrogen-bond acceptors (Lipinski definition) is 5. The molecule has 1 amide bonds. The number of sulfone groups is 1. The van der Waals surface area contributed by atoms with Crippen LogP contribution in [0.15, 0.2) is 29.2 Å². The third-order valence-corrected chi connectivity index (χ3v) is 6.31. The number of amides is 1. The summed E-state index contributed by atoms with van der Waals surface area (Å²) in [4.78, 5) is 13.4. The minimum Gasteiger partial charge on any atom is -0.358 e. The van der Waals surface area contributed by atoms with E-state index in [1.165, 1.54) is 23.9 Å². The standard InChI is InChI=1S/C14H16F2N2O3S3/c15-13(16)24(20,21)11-5-3-10(4-6-11)17-12(19)9-23-14(22)18-7-1-2-8-18/h3-6,13H,1-2,7-9H2,(H,17,19). The van der Waals surface area contributed by atoms with Crippen molar-refractivity contribution >= 4 is 49.7 Å². The van der Waals surface area contributed by atoms with Crippen LogP contribution in [0.4, 0.5) is 14.5 Å². The van der Waals surface area contributed by atoms with Gasteiger partial charge in [-0.15, -0.1) is 0 Å². The molecule has 0 spiro atoms. The fraction of sp³-hybridized carbons (Fsp3) is 0.429. The molecule has 0 aromatic heterocycles. The number of thiocarbonyl (C=S) groups is 1. The monoisotopic (exact) mass is 394 g/mol. The van der Waals surface area contributed by atoms with Crippen LogP contribution < -0.4 is 5.32 Å². The minimum absolute atomic E-state index is 0.131. The molecule has 0 radical (unpaired) electrons. The highest BCUT2D eigenvalue weighted by atomic mass is 32.2. The lowest BCUT2D eigenvalue weighted by atomic mass is 10.3. The fourth-order valence-corrected chi connectivity index (χ4v) is 3.92. The van der Waals surface area contributed by atoms with Crippen LogP contribution in [0.5, 0.6) is 0 Å². The number of nitrogens with one attached hydrogen (secondary N) is 1. The lowest BCUT2D eigenvalue weighted by Crippen LogP contribution is -2.25. The Hall–Kier alpha value is -1.26. The predicted octanol–water partition coefficient (Wildman–Crippen LogP) is 2.74. The van der Waals surface area contributed by atoms with Crippen molar-refractivity contribution in [3.63, 3.8) is 0 Å². The van der Waals surface area contributed by atoms with Crippen molar-refractivity contribution in [3.8, 4) is 0 Å². The zero-order valence-electron chi connectivity index (χ0n) is 12.6. The molecule has 5 nitrogen and oxygen atoms in total. The number of anilines is 1. The Kier molecular flexibility index (Phi) is 6.53. The van der Waals surface area contributed by atoms with Gasteiger partial charge in [-0.25, -0.2) is 8.42 Å². The van der Waals surface area contributed by atoms with Gasteiger partial charge in [-0.3, -0.25) is 4.79 Å². The quantitative estimate of drug-likeness (QED) is 0.775. The van der Waals surface area contributed by atoms with Gasteiger partial charge >= 0.3 is 5.76 Å². The van der Waals surface area contributed by atoms with Crippen molar-refractivity contribution in [1.82, 2.24) is 4.90 Å². The molecular weight excluding hydrogens is 378 g/mol. The second kappa shape index (κ2) is 8.21. The van der Waals surface area contributed by atoms with Gasteiger partial charge in [-0.05, 0) is 37.1 Å². The smallest absolute Gasteiger partial charge is 0.341 e. The van der Waals surface area contributed by atoms with Gasteiger partial charge in [-0.2, -0.15) is 8.78 Å². The van der Waals surface area contributed by atoms with E-state index in [1.807, 2.05) is 0 Å². The zero-order valence-corrected chi connectivity index (χ0v) is 15.0. The minimum atomic E-state index is -4.63. The highest BCUT2D eigenvalue weighted by Crippen LogP contribution is 2.21. The molecule has 0 atom stereocenters. The molecule has 1 fully saturated rings. The summed E-state index contributed by atoms with van der Waals surface area (Å²) < 4.78 is 48.2. The van der Waals surface area contributed by atoms with Gasteiger partial charge in [0.1, 0.15) is 4.32 Å². The van der Waals surface area contributed by atoms with Crippen LogP contribution >= 0.6 is 24.0 Å². The summed E-state index contributed by atoms with van der Waals surface area (Å²) in [5.41, 5.74) is 0.334. The van der Waals surface area contributed by atoms with Crippen molar-refractivity contribution in [2.45, 2.75) is 23.5 Å². The van der Waals surface area contributed by atoms with Gasteiger partial charge in [0.2, 0.25) is 15.7 Å². The van der Waals surface area contributed by atoms with E-state index in [0.29, 0.717) is 10.0 Å². The van der Waals surface area contributed by atoms with E-state index in [1.54, 1.807) is 0 Å². The molecule has 1 aliphatic heterocycles. The predicted molar refractivity (Wildman–Crippen MR) is 94.1 cm³/mol. The van der Waals surface area contributed by atoms with Gasteiger partial charge in [0.15, 0.2) is 0 Å². The van der Waals surface area contributed by atoms with E-state index >= 15 is 0 Å². The topological polar surface area (TPSA) is 66.5 Å². The van der Waals surface area contributed by atoms with Crippen LogP contribution in [0.2, 0.25) is 0 Å². The second-order valence-electron chi connectivity index (χ2n) is 5.13. The molecule has 1 heterocycles. The molecule has 1 aliphatic rings. The molecule has 0 saturated carbocycles. The molecular formula is C14H16F2N2O3S3. The maximum absolute atomic E-state index is 12.4. The van der Waals surface area contributed by atoms with Gasteiger partial charge in [0, 0.05) is 18.8 Å². The molecule has 0 bridgehead atoms. The molecule has 1 N–H and O–H groups in total. The highest BCUT2D eigenvalue weighted by molar-refractivity contribution is 8.23. The van der Waals surface area contributed by atoms with Crippen molar-refractivity contribution in [2.75, 3.05) is 24.2 Å². The van der Waals surface area contributed by atoms with Crippen molar-refractivity contribution in [2.24, 2.45) is 0 Å². The Morgan fingerprint density at radius 2 is 1.83 bits per heavy atom. The molecule has 1 aromatic rings. The van der Waals surface area contributed by atoms with Crippen LogP contribution in [-0.4, -0.2) is 48.1 Å². The second-order valence-corrected chi connectivity index (χ2v) is 8.65. The van der Waals surface area contributed by atoms with E-state index in [-0.39, 0.29) is 11.7 Å². The van der Waals surface area contributed by atoms with Crippen LogP contribution in [0, 0.1) is 0 Å². The van der Waals surface area contributed by atoms with Gasteiger partial charge in [0.25, 0.3) is 0 Å². The van der Waals surface area contributed by atoms with E-state index in [0.717, 1.165) is 38.1 Å². The summed E-state index contributed by atoms with van der Waals surface area (Å²) in [6.07, 6.45) is 2.20. The normalized spacial score (nSPS) is 14.9. The zero-order chi connectivity index (χ0) is 17.7. The Bertz CT molecular complexity index is 702. The number of carbonyl (C=O) groups excluding carboxylic acids is 1. The Balaban J connectivity index is 1.87. The maximum Gasteiger partial charge on any atom is 0.341 e. The number of benzene rings is 1. The molecule has 1 aromatic carbocycles. The molecule has 2 rings (SSSR count). The maximum atomic E-state index is 12.4. The third kappa shape index (κ3) is 4.87. The summed E-state index contributed by atoms with van der Waals surface area (Å²) in [6, 6.07) is 4.63. The van der Waals surface area contributed by atoms with Crippen LogP contribution in [0.1, 0.15) is 12.8 Å². The van der Waals surface area contributed by atoms with Crippen LogP contribution in [0.25, 0.3) is 0 Å². The molecule has 0 unspecified atom stereocenters. The summed E-state index contributed by atoms with van der Waals surface area (Å²) in [5.74, 6) is -3.64. The SMILES string of the molecule is O=C(CSC(=S)N1CCCC1)Nc1ccc(S(=O)(=O)C(F)F)cc1. The van der Waals surface area contributed by atoms with Crippen LogP contribution in [0.3, 0.4) is 0 Å². The third-order valence-electron chi connectivity index (χ3n) is 3.39. The molecule has 1 saturated heterocycles. The Morgan fingerprint density at radius 3 is 2.38 bits per heavy atom. The molecule has 132 valence electrons. The van der Waals surface area contributed by atoms with E-state index in [9.17, 15) is 22.0 Å². The summed E-state index contributed by atoms with van der Waals surface area (Å²) in [6.45, 7) is 1.82. The Morgan fingerprint density at radius 1 is 1.25 bits per heavy atom.